The van der Waals surface area contributed by atoms with Crippen LogP contribution in [0.2, 0.25) is 0 Å². The molecule has 0 amide bonds. The molecular weight excluding hydrogens is 219 g/mol. The number of nitrogens with zero attached hydrogens (tertiary/aromatic N) is 1. The Morgan fingerprint density at radius 3 is 2.47 bits per heavy atom. The fraction of sp³-hybridized carbons (Fsp3) is 0.417. The maximum absolute atomic E-state index is 13.5. The van der Waals surface area contributed by atoms with E-state index in [1.807, 2.05) is 20.8 Å². The molecule has 0 aliphatic heterocycles. The first-order valence-corrected chi connectivity index (χ1v) is 5.60. The van der Waals surface area contributed by atoms with E-state index in [9.17, 15) is 4.39 Å². The van der Waals surface area contributed by atoms with Crippen molar-refractivity contribution in [3.8, 4) is 0 Å². The van der Waals surface area contributed by atoms with Gasteiger partial charge in [0.25, 0.3) is 0 Å². The Morgan fingerprint density at radius 1 is 1.29 bits per heavy atom. The van der Waals surface area contributed by atoms with Crippen molar-refractivity contribution in [1.29, 1.82) is 0 Å². The van der Waals surface area contributed by atoms with E-state index in [4.69, 9.17) is 5.84 Å². The van der Waals surface area contributed by atoms with E-state index < -0.39 is 0 Å². The van der Waals surface area contributed by atoms with Gasteiger partial charge in [-0.05, 0) is 26.8 Å². The van der Waals surface area contributed by atoms with Gasteiger partial charge in [-0.25, -0.2) is 15.2 Å². The summed E-state index contributed by atoms with van der Waals surface area (Å²) >= 11 is 0. The van der Waals surface area contributed by atoms with Gasteiger partial charge in [-0.15, -0.1) is 0 Å². The Kier molecular flexibility index (Phi) is 4.90. The van der Waals surface area contributed by atoms with Gasteiger partial charge >= 0.3 is 0 Å². The zero-order valence-electron chi connectivity index (χ0n) is 10.4. The molecule has 0 saturated carbocycles. The molecule has 0 bridgehead atoms. The van der Waals surface area contributed by atoms with Gasteiger partial charge < -0.3 is 5.32 Å². The molecule has 1 atom stereocenters. The summed E-state index contributed by atoms with van der Waals surface area (Å²) < 4.78 is 13.5. The van der Waals surface area contributed by atoms with Gasteiger partial charge in [-0.2, -0.15) is 0 Å². The highest BCUT2D eigenvalue weighted by molar-refractivity contribution is 5.79. The summed E-state index contributed by atoms with van der Waals surface area (Å²) in [6.45, 7) is 5.76. The molecule has 4 N–H and O–H groups in total. The molecule has 1 rings (SSSR count). The van der Waals surface area contributed by atoms with Crippen LogP contribution in [0.4, 0.5) is 4.39 Å². The fourth-order valence-corrected chi connectivity index (χ4v) is 1.47. The molecule has 0 spiro atoms. The normalized spacial score (nSPS) is 13.6. The zero-order valence-corrected chi connectivity index (χ0v) is 10.4. The average Bonchev–Trinajstić information content (AvgIpc) is 2.27. The van der Waals surface area contributed by atoms with Crippen molar-refractivity contribution in [3.05, 3.63) is 35.6 Å². The summed E-state index contributed by atoms with van der Waals surface area (Å²) in [5, 5.41) is 3.04. The highest BCUT2D eigenvalue weighted by atomic mass is 19.1. The van der Waals surface area contributed by atoms with Crippen molar-refractivity contribution in [2.24, 2.45) is 10.8 Å². The minimum Gasteiger partial charge on any atom is -0.353 e. The van der Waals surface area contributed by atoms with Gasteiger partial charge in [0.15, 0.2) is 0 Å². The lowest BCUT2D eigenvalue weighted by molar-refractivity contribution is 0.591. The number of halogens is 1. The Balaban J connectivity index is 2.86. The van der Waals surface area contributed by atoms with Gasteiger partial charge in [0.1, 0.15) is 5.82 Å². The predicted octanol–water partition coefficient (Wildman–Crippen LogP) is 1.70. The lowest BCUT2D eigenvalue weighted by Gasteiger charge is -2.15. The summed E-state index contributed by atoms with van der Waals surface area (Å²) in [5.41, 5.74) is 3.02. The van der Waals surface area contributed by atoms with Gasteiger partial charge in [-0.1, -0.05) is 18.2 Å². The van der Waals surface area contributed by atoms with Gasteiger partial charge in [-0.3, -0.25) is 5.43 Å². The lowest BCUT2D eigenvalue weighted by Crippen LogP contribution is -2.44. The molecule has 1 aromatic rings. The number of benzene rings is 1. The van der Waals surface area contributed by atoms with E-state index in [0.717, 1.165) is 0 Å². The summed E-state index contributed by atoms with van der Waals surface area (Å²) in [6.07, 6.45) is 0. The molecule has 0 fully saturated rings. The largest absolute Gasteiger partial charge is 0.353 e. The van der Waals surface area contributed by atoms with E-state index in [2.05, 4.69) is 15.7 Å². The Labute approximate surface area is 101 Å². The summed E-state index contributed by atoms with van der Waals surface area (Å²) in [5.74, 6) is 5.54. The quantitative estimate of drug-likeness (QED) is 0.325. The third-order valence-electron chi connectivity index (χ3n) is 2.24. The van der Waals surface area contributed by atoms with Gasteiger partial charge in [0, 0.05) is 11.6 Å². The molecule has 1 unspecified atom stereocenters. The van der Waals surface area contributed by atoms with E-state index in [0.29, 0.717) is 11.5 Å². The molecule has 0 aromatic heterocycles. The van der Waals surface area contributed by atoms with Gasteiger partial charge in [0.05, 0.1) is 6.04 Å². The van der Waals surface area contributed by atoms with Crippen molar-refractivity contribution in [1.82, 2.24) is 10.7 Å². The number of guanidine groups is 1. The minimum absolute atomic E-state index is 0.206. The molecule has 0 aliphatic rings. The van der Waals surface area contributed by atoms with E-state index in [1.165, 1.54) is 6.07 Å². The second-order valence-electron chi connectivity index (χ2n) is 4.12. The first-order valence-electron chi connectivity index (χ1n) is 5.60. The lowest BCUT2D eigenvalue weighted by atomic mass is 10.1. The van der Waals surface area contributed by atoms with Crippen molar-refractivity contribution < 1.29 is 4.39 Å². The molecule has 5 heteroatoms. The molecule has 1 aromatic carbocycles. The highest BCUT2D eigenvalue weighted by Gasteiger charge is 2.10. The van der Waals surface area contributed by atoms with Crippen LogP contribution in [0.15, 0.2) is 29.3 Å². The first kappa shape index (κ1) is 13.4. The predicted molar refractivity (Wildman–Crippen MR) is 67.8 cm³/mol. The number of rotatable bonds is 3. The third-order valence-corrected chi connectivity index (χ3v) is 2.24. The fourth-order valence-electron chi connectivity index (χ4n) is 1.47. The number of nitrogens with two attached hydrogens (primary N) is 1. The van der Waals surface area contributed by atoms with Gasteiger partial charge in [0.2, 0.25) is 5.96 Å². The van der Waals surface area contributed by atoms with Crippen molar-refractivity contribution in [2.75, 3.05) is 0 Å². The van der Waals surface area contributed by atoms with Crippen LogP contribution in [0, 0.1) is 5.82 Å². The summed E-state index contributed by atoms with van der Waals surface area (Å²) in [6, 6.07) is 6.49. The van der Waals surface area contributed by atoms with E-state index >= 15 is 0 Å². The van der Waals surface area contributed by atoms with Crippen molar-refractivity contribution >= 4 is 5.96 Å². The smallest absolute Gasteiger partial charge is 0.206 e. The number of hydrogen-bond donors (Lipinski definition) is 3. The van der Waals surface area contributed by atoms with Crippen LogP contribution in [-0.4, -0.2) is 12.0 Å². The molecular formula is C12H19FN4. The van der Waals surface area contributed by atoms with Crippen LogP contribution < -0.4 is 16.6 Å². The first-order chi connectivity index (χ1) is 8.04. The second kappa shape index (κ2) is 6.20. The van der Waals surface area contributed by atoms with E-state index in [1.54, 1.807) is 18.2 Å². The Bertz CT molecular complexity index is 390. The summed E-state index contributed by atoms with van der Waals surface area (Å²) in [4.78, 5) is 4.30. The molecule has 94 valence electrons. The maximum Gasteiger partial charge on any atom is 0.206 e. The maximum atomic E-state index is 13.5. The molecule has 4 nitrogen and oxygen atoms in total. The Hall–Kier alpha value is -1.62. The van der Waals surface area contributed by atoms with Crippen LogP contribution >= 0.6 is 0 Å². The molecule has 17 heavy (non-hydrogen) atoms. The SMILES string of the molecule is CC(C)NC(=NC(C)c1ccccc1F)NN. The Morgan fingerprint density at radius 2 is 1.94 bits per heavy atom. The van der Waals surface area contributed by atoms with Crippen LogP contribution in [0.3, 0.4) is 0 Å². The number of aliphatic imine (C=N–C) groups is 1. The van der Waals surface area contributed by atoms with Crippen LogP contribution in [0.1, 0.15) is 32.4 Å². The zero-order chi connectivity index (χ0) is 12.8. The standard InChI is InChI=1S/C12H19FN4/c1-8(2)15-12(17-14)16-9(3)10-6-4-5-7-11(10)13/h4-9H,14H2,1-3H3,(H2,15,16,17). The van der Waals surface area contributed by atoms with Crippen LogP contribution in [0.5, 0.6) is 0 Å². The second-order valence-corrected chi connectivity index (χ2v) is 4.12. The monoisotopic (exact) mass is 238 g/mol. The van der Waals surface area contributed by atoms with E-state index in [-0.39, 0.29) is 17.9 Å². The van der Waals surface area contributed by atoms with Crippen molar-refractivity contribution in [2.45, 2.75) is 32.9 Å². The molecule has 0 saturated heterocycles. The average molecular weight is 238 g/mol. The topological polar surface area (TPSA) is 62.4 Å². The number of nitrogens with one attached hydrogen (secondary N) is 2. The molecule has 0 aliphatic carbocycles. The minimum atomic E-state index is -0.298. The molecule has 0 radical (unpaired) electrons. The third kappa shape index (κ3) is 4.03. The number of hydrazine groups is 1. The highest BCUT2D eigenvalue weighted by Crippen LogP contribution is 2.19. The summed E-state index contributed by atoms with van der Waals surface area (Å²) in [7, 11) is 0. The van der Waals surface area contributed by atoms with Crippen LogP contribution in [-0.2, 0) is 0 Å². The number of hydrogen-bond acceptors (Lipinski definition) is 2. The molecule has 0 heterocycles. The van der Waals surface area contributed by atoms with Crippen molar-refractivity contribution in [3.63, 3.8) is 0 Å². The van der Waals surface area contributed by atoms with Crippen LogP contribution in [0.25, 0.3) is 0 Å².